The van der Waals surface area contributed by atoms with Gasteiger partial charge in [-0.25, -0.2) is 9.97 Å². The SMILES string of the molecule is Cc1nccc(C(=O)N2CCc3ccccc32)n1. The lowest BCUT2D eigenvalue weighted by molar-refractivity contribution is 0.0984. The number of anilines is 1. The zero-order chi connectivity index (χ0) is 12.5. The zero-order valence-corrected chi connectivity index (χ0v) is 10.1. The van der Waals surface area contributed by atoms with Gasteiger partial charge in [-0.05, 0) is 31.0 Å². The number of para-hydroxylation sites is 1. The van der Waals surface area contributed by atoms with Gasteiger partial charge in [-0.1, -0.05) is 18.2 Å². The highest BCUT2D eigenvalue weighted by Crippen LogP contribution is 2.28. The lowest BCUT2D eigenvalue weighted by atomic mass is 10.2. The van der Waals surface area contributed by atoms with Gasteiger partial charge in [0.1, 0.15) is 11.5 Å². The molecule has 1 aromatic heterocycles. The van der Waals surface area contributed by atoms with Gasteiger partial charge in [0.25, 0.3) is 5.91 Å². The van der Waals surface area contributed by atoms with Crippen LogP contribution in [0.1, 0.15) is 21.9 Å². The quantitative estimate of drug-likeness (QED) is 0.764. The third-order valence-corrected chi connectivity index (χ3v) is 3.13. The van der Waals surface area contributed by atoms with Gasteiger partial charge in [0.15, 0.2) is 0 Å². The maximum Gasteiger partial charge on any atom is 0.277 e. The normalized spacial score (nSPS) is 13.5. The third kappa shape index (κ3) is 1.76. The number of aromatic nitrogens is 2. The standard InChI is InChI=1S/C14H13N3O/c1-10-15-8-6-12(16-10)14(18)17-9-7-11-4-2-3-5-13(11)17/h2-6,8H,7,9H2,1H3. The molecule has 0 atom stereocenters. The fraction of sp³-hybridized carbons (Fsp3) is 0.214. The molecule has 0 unspecified atom stereocenters. The van der Waals surface area contributed by atoms with Crippen molar-refractivity contribution in [2.45, 2.75) is 13.3 Å². The molecule has 3 rings (SSSR count). The highest BCUT2D eigenvalue weighted by molar-refractivity contribution is 6.05. The summed E-state index contributed by atoms with van der Waals surface area (Å²) < 4.78 is 0. The van der Waals surface area contributed by atoms with Crippen LogP contribution in [0.4, 0.5) is 5.69 Å². The van der Waals surface area contributed by atoms with E-state index in [0.29, 0.717) is 11.5 Å². The highest BCUT2D eigenvalue weighted by Gasteiger charge is 2.25. The average molecular weight is 239 g/mol. The Bertz CT molecular complexity index is 609. The van der Waals surface area contributed by atoms with Crippen molar-refractivity contribution in [1.29, 1.82) is 0 Å². The molecule has 1 amide bonds. The average Bonchev–Trinajstić information content (AvgIpc) is 2.82. The summed E-state index contributed by atoms with van der Waals surface area (Å²) in [6.45, 7) is 2.51. The molecule has 4 nitrogen and oxygen atoms in total. The lowest BCUT2D eigenvalue weighted by Gasteiger charge is -2.16. The summed E-state index contributed by atoms with van der Waals surface area (Å²) in [4.78, 5) is 22.4. The number of fused-ring (bicyclic) bond motifs is 1. The smallest absolute Gasteiger partial charge is 0.277 e. The summed E-state index contributed by atoms with van der Waals surface area (Å²) in [7, 11) is 0. The van der Waals surface area contributed by atoms with E-state index in [1.807, 2.05) is 18.2 Å². The van der Waals surface area contributed by atoms with E-state index in [9.17, 15) is 4.79 Å². The molecular formula is C14H13N3O. The molecule has 2 heterocycles. The highest BCUT2D eigenvalue weighted by atomic mass is 16.2. The van der Waals surface area contributed by atoms with Gasteiger partial charge >= 0.3 is 0 Å². The van der Waals surface area contributed by atoms with Crippen molar-refractivity contribution in [2.75, 3.05) is 11.4 Å². The van der Waals surface area contributed by atoms with E-state index in [2.05, 4.69) is 16.0 Å². The molecule has 1 aliphatic rings. The molecule has 1 aromatic carbocycles. The van der Waals surface area contributed by atoms with Gasteiger partial charge in [-0.15, -0.1) is 0 Å². The molecule has 90 valence electrons. The molecule has 2 aromatic rings. The molecular weight excluding hydrogens is 226 g/mol. The van der Waals surface area contributed by atoms with Gasteiger partial charge in [0.05, 0.1) is 0 Å². The second kappa shape index (κ2) is 4.22. The lowest BCUT2D eigenvalue weighted by Crippen LogP contribution is -2.29. The maximum atomic E-state index is 12.4. The second-order valence-electron chi connectivity index (χ2n) is 4.32. The van der Waals surface area contributed by atoms with Gasteiger partial charge in [0.2, 0.25) is 0 Å². The van der Waals surface area contributed by atoms with Gasteiger partial charge in [-0.2, -0.15) is 0 Å². The zero-order valence-electron chi connectivity index (χ0n) is 10.1. The van der Waals surface area contributed by atoms with Gasteiger partial charge < -0.3 is 4.90 Å². The Balaban J connectivity index is 1.96. The van der Waals surface area contributed by atoms with Crippen molar-refractivity contribution in [3.8, 4) is 0 Å². The Morgan fingerprint density at radius 3 is 2.94 bits per heavy atom. The molecule has 0 bridgehead atoms. The van der Waals surface area contributed by atoms with E-state index in [-0.39, 0.29) is 5.91 Å². The fourth-order valence-electron chi connectivity index (χ4n) is 2.26. The topological polar surface area (TPSA) is 46.1 Å². The number of amides is 1. The van der Waals surface area contributed by atoms with E-state index in [1.165, 1.54) is 5.56 Å². The van der Waals surface area contributed by atoms with E-state index in [1.54, 1.807) is 24.1 Å². The first-order chi connectivity index (χ1) is 8.75. The largest absolute Gasteiger partial charge is 0.306 e. The Morgan fingerprint density at radius 2 is 2.11 bits per heavy atom. The number of benzene rings is 1. The summed E-state index contributed by atoms with van der Waals surface area (Å²) in [5, 5.41) is 0. The van der Waals surface area contributed by atoms with Crippen molar-refractivity contribution in [2.24, 2.45) is 0 Å². The Morgan fingerprint density at radius 1 is 1.28 bits per heavy atom. The first-order valence-electron chi connectivity index (χ1n) is 5.95. The molecule has 18 heavy (non-hydrogen) atoms. The molecule has 0 N–H and O–H groups in total. The molecule has 1 aliphatic heterocycles. The minimum absolute atomic E-state index is 0.0505. The number of aryl methyl sites for hydroxylation is 1. The van der Waals surface area contributed by atoms with Crippen molar-refractivity contribution >= 4 is 11.6 Å². The van der Waals surface area contributed by atoms with Gasteiger partial charge in [-0.3, -0.25) is 4.79 Å². The van der Waals surface area contributed by atoms with Crippen LogP contribution in [-0.2, 0) is 6.42 Å². The van der Waals surface area contributed by atoms with Crippen LogP contribution in [-0.4, -0.2) is 22.4 Å². The molecule has 0 spiro atoms. The Kier molecular flexibility index (Phi) is 2.55. The number of hydrogen-bond donors (Lipinski definition) is 0. The monoisotopic (exact) mass is 239 g/mol. The van der Waals surface area contributed by atoms with E-state index >= 15 is 0 Å². The maximum absolute atomic E-state index is 12.4. The predicted molar refractivity (Wildman–Crippen MR) is 68.6 cm³/mol. The first kappa shape index (κ1) is 10.9. The number of carbonyl (C=O) groups excluding carboxylic acids is 1. The molecule has 4 heteroatoms. The third-order valence-electron chi connectivity index (χ3n) is 3.13. The number of nitrogens with zero attached hydrogens (tertiary/aromatic N) is 3. The molecule has 0 radical (unpaired) electrons. The second-order valence-corrected chi connectivity index (χ2v) is 4.32. The molecule has 0 aliphatic carbocycles. The Labute approximate surface area is 105 Å². The predicted octanol–water partition coefficient (Wildman–Crippen LogP) is 1.99. The van der Waals surface area contributed by atoms with Crippen molar-refractivity contribution in [3.63, 3.8) is 0 Å². The summed E-state index contributed by atoms with van der Waals surface area (Å²) in [5.74, 6) is 0.568. The van der Waals surface area contributed by atoms with Crippen molar-refractivity contribution in [3.05, 3.63) is 53.6 Å². The van der Waals surface area contributed by atoms with Crippen LogP contribution in [0.15, 0.2) is 36.5 Å². The van der Waals surface area contributed by atoms with Crippen LogP contribution in [0.25, 0.3) is 0 Å². The van der Waals surface area contributed by atoms with Gasteiger partial charge in [0, 0.05) is 18.4 Å². The van der Waals surface area contributed by atoms with Crippen LogP contribution in [0.5, 0.6) is 0 Å². The van der Waals surface area contributed by atoms with E-state index in [0.717, 1.165) is 18.7 Å². The molecule has 0 saturated heterocycles. The van der Waals surface area contributed by atoms with Crippen molar-refractivity contribution < 1.29 is 4.79 Å². The summed E-state index contributed by atoms with van der Waals surface area (Å²) in [6, 6.07) is 9.66. The van der Waals surface area contributed by atoms with E-state index < -0.39 is 0 Å². The van der Waals surface area contributed by atoms with Crippen LogP contribution < -0.4 is 4.90 Å². The van der Waals surface area contributed by atoms with Crippen molar-refractivity contribution in [1.82, 2.24) is 9.97 Å². The number of hydrogen-bond acceptors (Lipinski definition) is 3. The van der Waals surface area contributed by atoms with Crippen LogP contribution in [0.3, 0.4) is 0 Å². The fourth-order valence-corrected chi connectivity index (χ4v) is 2.26. The van der Waals surface area contributed by atoms with Crippen LogP contribution >= 0.6 is 0 Å². The summed E-state index contributed by atoms with van der Waals surface area (Å²) in [6.07, 6.45) is 2.53. The number of rotatable bonds is 1. The summed E-state index contributed by atoms with van der Waals surface area (Å²) >= 11 is 0. The Hall–Kier alpha value is -2.23. The number of carbonyl (C=O) groups is 1. The van der Waals surface area contributed by atoms with Crippen LogP contribution in [0, 0.1) is 6.92 Å². The summed E-state index contributed by atoms with van der Waals surface area (Å²) in [5.41, 5.74) is 2.68. The minimum atomic E-state index is -0.0505. The van der Waals surface area contributed by atoms with Crippen LogP contribution in [0.2, 0.25) is 0 Å². The van der Waals surface area contributed by atoms with E-state index in [4.69, 9.17) is 0 Å². The minimum Gasteiger partial charge on any atom is -0.306 e. The molecule has 0 fully saturated rings. The molecule has 0 saturated carbocycles. The first-order valence-corrected chi connectivity index (χ1v) is 5.95.